The molecule has 1 fully saturated rings. The minimum Gasteiger partial charge on any atom is -0.341 e. The second-order valence-corrected chi connectivity index (χ2v) is 6.14. The van der Waals surface area contributed by atoms with Crippen LogP contribution in [-0.2, 0) is 4.79 Å². The van der Waals surface area contributed by atoms with Gasteiger partial charge in [-0.1, -0.05) is 13.8 Å². The summed E-state index contributed by atoms with van der Waals surface area (Å²) in [6.07, 6.45) is 3.42. The Bertz CT molecular complexity index is 283. The fourth-order valence-electron chi connectivity index (χ4n) is 2.97. The van der Waals surface area contributed by atoms with Crippen LogP contribution in [0.4, 0.5) is 0 Å². The highest BCUT2D eigenvalue weighted by Gasteiger charge is 2.33. The lowest BCUT2D eigenvalue weighted by atomic mass is 9.98. The molecule has 1 aliphatic heterocycles. The molecular weight excluding hydrogens is 238 g/mol. The molecule has 1 rings (SSSR count). The summed E-state index contributed by atoms with van der Waals surface area (Å²) in [6.45, 7) is 12.5. The van der Waals surface area contributed by atoms with E-state index < -0.39 is 5.54 Å². The van der Waals surface area contributed by atoms with Gasteiger partial charge in [-0.15, -0.1) is 0 Å². The molecule has 0 aromatic heterocycles. The van der Waals surface area contributed by atoms with Gasteiger partial charge in [-0.05, 0) is 46.2 Å². The Kier molecular flexibility index (Phi) is 6.27. The van der Waals surface area contributed by atoms with E-state index in [4.69, 9.17) is 0 Å². The van der Waals surface area contributed by atoms with E-state index in [0.717, 1.165) is 32.5 Å². The van der Waals surface area contributed by atoms with Crippen LogP contribution in [0.5, 0.6) is 0 Å². The number of nitrogens with zero attached hydrogens (tertiary/aromatic N) is 2. The number of carbonyl (C=O) groups is 1. The van der Waals surface area contributed by atoms with Gasteiger partial charge in [0.1, 0.15) is 0 Å². The lowest BCUT2D eigenvalue weighted by molar-refractivity contribution is -0.138. The van der Waals surface area contributed by atoms with Crippen LogP contribution in [-0.4, -0.2) is 60.5 Å². The van der Waals surface area contributed by atoms with Crippen molar-refractivity contribution in [3.63, 3.8) is 0 Å². The standard InChI is InChI=1S/C15H31N3O/c1-6-10-18-11-8-13(9-12-18)17(5)14(19)15(3,4)16-7-2/h13,16H,6-12H2,1-5H3. The van der Waals surface area contributed by atoms with Crippen molar-refractivity contribution >= 4 is 5.91 Å². The molecule has 1 saturated heterocycles. The van der Waals surface area contributed by atoms with E-state index >= 15 is 0 Å². The molecule has 4 nitrogen and oxygen atoms in total. The summed E-state index contributed by atoms with van der Waals surface area (Å²) in [6, 6.07) is 0.401. The second-order valence-electron chi connectivity index (χ2n) is 6.14. The average Bonchev–Trinajstić information content (AvgIpc) is 2.38. The fourth-order valence-corrected chi connectivity index (χ4v) is 2.97. The number of hydrogen-bond donors (Lipinski definition) is 1. The summed E-state index contributed by atoms with van der Waals surface area (Å²) >= 11 is 0. The van der Waals surface area contributed by atoms with Crippen molar-refractivity contribution in [2.24, 2.45) is 0 Å². The molecule has 19 heavy (non-hydrogen) atoms. The molecule has 0 aliphatic carbocycles. The van der Waals surface area contributed by atoms with Crippen LogP contribution >= 0.6 is 0 Å². The number of amides is 1. The molecule has 0 atom stereocenters. The number of piperidine rings is 1. The predicted molar refractivity (Wildman–Crippen MR) is 80.3 cm³/mol. The zero-order valence-electron chi connectivity index (χ0n) is 13.3. The predicted octanol–water partition coefficient (Wildman–Crippen LogP) is 1.71. The summed E-state index contributed by atoms with van der Waals surface area (Å²) in [5.41, 5.74) is -0.454. The number of nitrogens with one attached hydrogen (secondary N) is 1. The summed E-state index contributed by atoms with van der Waals surface area (Å²) in [5, 5.41) is 3.27. The van der Waals surface area contributed by atoms with E-state index in [-0.39, 0.29) is 5.91 Å². The Balaban J connectivity index is 2.50. The van der Waals surface area contributed by atoms with Crippen molar-refractivity contribution < 1.29 is 4.79 Å². The maximum absolute atomic E-state index is 12.5. The number of hydrogen-bond acceptors (Lipinski definition) is 3. The maximum atomic E-state index is 12.5. The number of rotatable bonds is 6. The summed E-state index contributed by atoms with van der Waals surface area (Å²) in [5.74, 6) is 0.211. The van der Waals surface area contributed by atoms with Crippen molar-refractivity contribution in [1.82, 2.24) is 15.1 Å². The first-order valence-electron chi connectivity index (χ1n) is 7.67. The Labute approximate surface area is 118 Å². The van der Waals surface area contributed by atoms with Gasteiger partial charge in [0.2, 0.25) is 5.91 Å². The molecule has 0 bridgehead atoms. The van der Waals surface area contributed by atoms with E-state index in [1.54, 1.807) is 0 Å². The lowest BCUT2D eigenvalue weighted by Crippen LogP contribution is -2.56. The highest BCUT2D eigenvalue weighted by Crippen LogP contribution is 2.18. The third-order valence-corrected chi connectivity index (χ3v) is 4.12. The van der Waals surface area contributed by atoms with Gasteiger partial charge in [-0.2, -0.15) is 0 Å². The van der Waals surface area contributed by atoms with Crippen LogP contribution < -0.4 is 5.32 Å². The van der Waals surface area contributed by atoms with Crippen LogP contribution in [0.2, 0.25) is 0 Å². The molecule has 4 heteroatoms. The zero-order valence-corrected chi connectivity index (χ0v) is 13.3. The highest BCUT2D eigenvalue weighted by molar-refractivity contribution is 5.85. The van der Waals surface area contributed by atoms with E-state index in [1.165, 1.54) is 13.0 Å². The summed E-state index contributed by atoms with van der Waals surface area (Å²) < 4.78 is 0. The first-order chi connectivity index (χ1) is 8.92. The summed E-state index contributed by atoms with van der Waals surface area (Å²) in [4.78, 5) is 17.0. The molecule has 1 heterocycles. The van der Waals surface area contributed by atoms with E-state index in [0.29, 0.717) is 6.04 Å². The first-order valence-corrected chi connectivity index (χ1v) is 7.67. The van der Waals surface area contributed by atoms with Crippen molar-refractivity contribution in [3.8, 4) is 0 Å². The maximum Gasteiger partial charge on any atom is 0.242 e. The quantitative estimate of drug-likeness (QED) is 0.797. The fraction of sp³-hybridized carbons (Fsp3) is 0.933. The van der Waals surface area contributed by atoms with Gasteiger partial charge in [0, 0.05) is 26.2 Å². The smallest absolute Gasteiger partial charge is 0.242 e. The van der Waals surface area contributed by atoms with Crippen molar-refractivity contribution in [1.29, 1.82) is 0 Å². The zero-order chi connectivity index (χ0) is 14.5. The van der Waals surface area contributed by atoms with E-state index in [1.807, 2.05) is 32.7 Å². The van der Waals surface area contributed by atoms with Crippen molar-refractivity contribution in [2.75, 3.05) is 33.2 Å². The third kappa shape index (κ3) is 4.46. The van der Waals surface area contributed by atoms with Gasteiger partial charge in [-0.25, -0.2) is 0 Å². The SMILES string of the molecule is CCCN1CCC(N(C)C(=O)C(C)(C)NCC)CC1. The lowest BCUT2D eigenvalue weighted by Gasteiger charge is -2.39. The normalized spacial score (nSPS) is 18.6. The van der Waals surface area contributed by atoms with E-state index in [9.17, 15) is 4.79 Å². The van der Waals surface area contributed by atoms with Crippen LogP contribution in [0.1, 0.15) is 47.0 Å². The second kappa shape index (κ2) is 7.25. The van der Waals surface area contributed by atoms with Gasteiger partial charge in [0.05, 0.1) is 5.54 Å². The molecular formula is C15H31N3O. The minimum atomic E-state index is -0.454. The molecule has 1 N–H and O–H groups in total. The van der Waals surface area contributed by atoms with Gasteiger partial charge < -0.3 is 15.1 Å². The topological polar surface area (TPSA) is 35.6 Å². The molecule has 1 aliphatic rings. The van der Waals surface area contributed by atoms with Crippen LogP contribution in [0.25, 0.3) is 0 Å². The molecule has 0 aromatic carbocycles. The van der Waals surface area contributed by atoms with Gasteiger partial charge in [0.25, 0.3) is 0 Å². The number of carbonyl (C=O) groups excluding carboxylic acids is 1. The Morgan fingerprint density at radius 1 is 1.32 bits per heavy atom. The van der Waals surface area contributed by atoms with Gasteiger partial charge in [-0.3, -0.25) is 4.79 Å². The number of likely N-dealkylation sites (tertiary alicyclic amines) is 1. The van der Waals surface area contributed by atoms with Crippen LogP contribution in [0.3, 0.4) is 0 Å². The molecule has 0 spiro atoms. The van der Waals surface area contributed by atoms with Crippen molar-refractivity contribution in [2.45, 2.75) is 58.5 Å². The van der Waals surface area contributed by atoms with Crippen LogP contribution in [0, 0.1) is 0 Å². The van der Waals surface area contributed by atoms with Crippen LogP contribution in [0.15, 0.2) is 0 Å². The Morgan fingerprint density at radius 2 is 1.89 bits per heavy atom. The molecule has 1 amide bonds. The number of likely N-dealkylation sites (N-methyl/N-ethyl adjacent to an activating group) is 2. The third-order valence-electron chi connectivity index (χ3n) is 4.12. The molecule has 0 radical (unpaired) electrons. The Hall–Kier alpha value is -0.610. The Morgan fingerprint density at radius 3 is 2.37 bits per heavy atom. The van der Waals surface area contributed by atoms with E-state index in [2.05, 4.69) is 17.1 Å². The largest absolute Gasteiger partial charge is 0.341 e. The molecule has 0 unspecified atom stereocenters. The van der Waals surface area contributed by atoms with Crippen molar-refractivity contribution in [3.05, 3.63) is 0 Å². The monoisotopic (exact) mass is 269 g/mol. The minimum absolute atomic E-state index is 0.211. The average molecular weight is 269 g/mol. The van der Waals surface area contributed by atoms with Gasteiger partial charge >= 0.3 is 0 Å². The highest BCUT2D eigenvalue weighted by atomic mass is 16.2. The molecule has 0 saturated carbocycles. The van der Waals surface area contributed by atoms with Gasteiger partial charge in [0.15, 0.2) is 0 Å². The first kappa shape index (κ1) is 16.4. The summed E-state index contributed by atoms with van der Waals surface area (Å²) in [7, 11) is 1.96. The molecule has 0 aromatic rings. The molecule has 112 valence electrons.